The molecule has 3 rings (SSSR count). The maximum atomic E-state index is 5.34. The second kappa shape index (κ2) is 10.6. The molecule has 0 saturated carbocycles. The first-order valence-corrected chi connectivity index (χ1v) is 9.03. The van der Waals surface area contributed by atoms with Gasteiger partial charge in [-0.05, 0) is 37.3 Å². The first kappa shape index (κ1) is 20.8. The van der Waals surface area contributed by atoms with Gasteiger partial charge in [-0.25, -0.2) is 0 Å². The average molecular weight is 468 g/mol. The first-order chi connectivity index (χ1) is 12.3. The van der Waals surface area contributed by atoms with Crippen LogP contribution in [-0.2, 0) is 11.2 Å². The van der Waals surface area contributed by atoms with Gasteiger partial charge in [0.1, 0.15) is 0 Å². The van der Waals surface area contributed by atoms with Crippen LogP contribution in [0.1, 0.15) is 24.0 Å². The summed E-state index contributed by atoms with van der Waals surface area (Å²) >= 11 is 0. The number of hydrogen-bond acceptors (Lipinski definition) is 2. The fourth-order valence-electron chi connectivity index (χ4n) is 3.24. The van der Waals surface area contributed by atoms with Crippen LogP contribution in [0.3, 0.4) is 0 Å². The van der Waals surface area contributed by atoms with E-state index < -0.39 is 0 Å². The van der Waals surface area contributed by atoms with Crippen LogP contribution in [0.5, 0.6) is 0 Å². The molecule has 0 bridgehead atoms. The van der Waals surface area contributed by atoms with Gasteiger partial charge in [-0.2, -0.15) is 0 Å². The van der Waals surface area contributed by atoms with Gasteiger partial charge in [0.05, 0.1) is 13.2 Å². The second-order valence-corrected chi connectivity index (χ2v) is 6.42. The zero-order chi connectivity index (χ0) is 17.5. The van der Waals surface area contributed by atoms with E-state index in [2.05, 4.69) is 58.0 Å². The van der Waals surface area contributed by atoms with Gasteiger partial charge in [0, 0.05) is 37.2 Å². The van der Waals surface area contributed by atoms with Crippen LogP contribution in [-0.4, -0.2) is 44.3 Å². The van der Waals surface area contributed by atoms with Crippen molar-refractivity contribution in [2.75, 3.05) is 33.4 Å². The number of ether oxygens (including phenoxy) is 1. The molecule has 1 aromatic carbocycles. The quantitative estimate of drug-likeness (QED) is 0.263. The number of halogens is 1. The van der Waals surface area contributed by atoms with E-state index >= 15 is 0 Å². The molecule has 1 aliphatic heterocycles. The van der Waals surface area contributed by atoms with Crippen LogP contribution < -0.4 is 10.6 Å². The molecule has 0 fully saturated rings. The van der Waals surface area contributed by atoms with Gasteiger partial charge in [-0.1, -0.05) is 29.8 Å². The average Bonchev–Trinajstić information content (AvgIpc) is 3.06. The van der Waals surface area contributed by atoms with E-state index in [4.69, 9.17) is 4.74 Å². The van der Waals surface area contributed by atoms with Crippen molar-refractivity contribution in [2.24, 2.45) is 4.99 Å². The normalized spacial score (nSPS) is 14.7. The number of aliphatic imine (C=N–C) groups is 1. The van der Waals surface area contributed by atoms with E-state index in [-0.39, 0.29) is 24.0 Å². The van der Waals surface area contributed by atoms with Crippen LogP contribution in [0.25, 0.3) is 10.9 Å². The minimum atomic E-state index is 0. The number of nitrogens with one attached hydrogen (secondary N) is 3. The molecule has 0 atom stereocenters. The Morgan fingerprint density at radius 3 is 2.77 bits per heavy atom. The molecule has 142 valence electrons. The molecule has 1 aromatic heterocycles. The van der Waals surface area contributed by atoms with Crippen molar-refractivity contribution in [1.29, 1.82) is 0 Å². The summed E-state index contributed by atoms with van der Waals surface area (Å²) in [5.41, 5.74) is 5.35. The van der Waals surface area contributed by atoms with Gasteiger partial charge in [0.15, 0.2) is 5.96 Å². The van der Waals surface area contributed by atoms with Crippen molar-refractivity contribution in [3.05, 3.63) is 47.2 Å². The van der Waals surface area contributed by atoms with E-state index in [1.807, 2.05) is 7.05 Å². The van der Waals surface area contributed by atoms with Crippen LogP contribution in [0.4, 0.5) is 0 Å². The molecule has 0 saturated heterocycles. The Hall–Kier alpha value is -1.54. The molecule has 1 aliphatic rings. The first-order valence-electron chi connectivity index (χ1n) is 9.03. The Balaban J connectivity index is 0.00000243. The molecule has 0 unspecified atom stereocenters. The highest BCUT2D eigenvalue weighted by Gasteiger charge is 2.06. The smallest absolute Gasteiger partial charge is 0.190 e. The molecule has 2 heterocycles. The third-order valence-corrected chi connectivity index (χ3v) is 4.72. The van der Waals surface area contributed by atoms with Crippen molar-refractivity contribution >= 4 is 40.8 Å². The van der Waals surface area contributed by atoms with E-state index in [1.54, 1.807) is 0 Å². The maximum Gasteiger partial charge on any atom is 0.190 e. The summed E-state index contributed by atoms with van der Waals surface area (Å²) < 4.78 is 5.34. The molecular weight excluding hydrogens is 439 g/mol. The second-order valence-electron chi connectivity index (χ2n) is 6.42. The van der Waals surface area contributed by atoms with Crippen molar-refractivity contribution in [2.45, 2.75) is 26.2 Å². The molecule has 3 N–H and O–H groups in total. The number of guanidine groups is 1. The molecule has 5 nitrogen and oxygen atoms in total. The molecule has 0 aliphatic carbocycles. The Kier molecular flexibility index (Phi) is 8.44. The summed E-state index contributed by atoms with van der Waals surface area (Å²) in [5.74, 6) is 0.865. The van der Waals surface area contributed by atoms with Gasteiger partial charge in [-0.15, -0.1) is 24.0 Å². The van der Waals surface area contributed by atoms with Gasteiger partial charge in [-0.3, -0.25) is 4.99 Å². The van der Waals surface area contributed by atoms with Crippen molar-refractivity contribution < 1.29 is 4.74 Å². The molecule has 0 radical (unpaired) electrons. The number of benzene rings is 1. The van der Waals surface area contributed by atoms with E-state index in [1.165, 1.54) is 27.6 Å². The maximum absolute atomic E-state index is 5.34. The Bertz CT molecular complexity index is 766. The Morgan fingerprint density at radius 2 is 2.04 bits per heavy atom. The van der Waals surface area contributed by atoms with Gasteiger partial charge >= 0.3 is 0 Å². The number of aryl methyl sites for hydroxylation is 1. The summed E-state index contributed by atoms with van der Waals surface area (Å²) in [4.78, 5) is 7.70. The predicted molar refractivity (Wildman–Crippen MR) is 120 cm³/mol. The zero-order valence-corrected chi connectivity index (χ0v) is 17.9. The molecular formula is C20H29IN4O. The lowest BCUT2D eigenvalue weighted by atomic mass is 10.1. The zero-order valence-electron chi connectivity index (χ0n) is 15.6. The molecule has 0 spiro atoms. The fourth-order valence-corrected chi connectivity index (χ4v) is 3.24. The SMILES string of the molecule is CN=C(NCCC1=CCOCC1)NCCc1c[nH]c2c(C)cccc12.I. The fraction of sp³-hybridized carbons (Fsp3) is 0.450. The standard InChI is InChI=1S/C20H28N4O.HI/c1-15-4-3-5-18-17(14-24-19(15)18)7-11-23-20(21-2)22-10-6-16-8-12-25-13-9-16;/h3-5,8,14,24H,6-7,9-13H2,1-2H3,(H2,21,22,23);1H. The van der Waals surface area contributed by atoms with Crippen LogP contribution >= 0.6 is 24.0 Å². The topological polar surface area (TPSA) is 61.4 Å². The molecule has 26 heavy (non-hydrogen) atoms. The van der Waals surface area contributed by atoms with Crippen LogP contribution in [0.2, 0.25) is 0 Å². The minimum absolute atomic E-state index is 0. The van der Waals surface area contributed by atoms with Gasteiger partial charge in [0.2, 0.25) is 0 Å². The van der Waals surface area contributed by atoms with Crippen molar-refractivity contribution in [3.8, 4) is 0 Å². The summed E-state index contributed by atoms with van der Waals surface area (Å²) in [6.07, 6.45) is 7.37. The van der Waals surface area contributed by atoms with Crippen LogP contribution in [0.15, 0.2) is 41.0 Å². The largest absolute Gasteiger partial charge is 0.377 e. The highest BCUT2D eigenvalue weighted by atomic mass is 127. The van der Waals surface area contributed by atoms with E-state index in [0.717, 1.165) is 51.5 Å². The van der Waals surface area contributed by atoms with E-state index in [9.17, 15) is 0 Å². The summed E-state index contributed by atoms with van der Waals surface area (Å²) in [6.45, 7) is 5.50. The minimum Gasteiger partial charge on any atom is -0.377 e. The summed E-state index contributed by atoms with van der Waals surface area (Å²) in [7, 11) is 1.82. The number of rotatable bonds is 6. The Labute approximate surface area is 172 Å². The highest BCUT2D eigenvalue weighted by molar-refractivity contribution is 14.0. The third kappa shape index (κ3) is 5.48. The summed E-state index contributed by atoms with van der Waals surface area (Å²) in [6, 6.07) is 6.44. The monoisotopic (exact) mass is 468 g/mol. The number of nitrogens with zero attached hydrogens (tertiary/aromatic N) is 1. The lowest BCUT2D eigenvalue weighted by Crippen LogP contribution is -2.38. The van der Waals surface area contributed by atoms with Gasteiger partial charge < -0.3 is 20.4 Å². The predicted octanol–water partition coefficient (Wildman–Crippen LogP) is 3.54. The number of hydrogen-bond donors (Lipinski definition) is 3. The number of aromatic amines is 1. The molecule has 6 heteroatoms. The lowest BCUT2D eigenvalue weighted by molar-refractivity contribution is 0.153. The number of para-hydroxylation sites is 1. The number of fused-ring (bicyclic) bond motifs is 1. The molecule has 2 aromatic rings. The van der Waals surface area contributed by atoms with E-state index in [0.29, 0.717) is 0 Å². The number of H-pyrrole nitrogens is 1. The van der Waals surface area contributed by atoms with Crippen LogP contribution in [0, 0.1) is 6.92 Å². The van der Waals surface area contributed by atoms with Gasteiger partial charge in [0.25, 0.3) is 0 Å². The number of aromatic nitrogens is 1. The lowest BCUT2D eigenvalue weighted by Gasteiger charge is -2.15. The molecule has 0 amide bonds. The highest BCUT2D eigenvalue weighted by Crippen LogP contribution is 2.21. The summed E-state index contributed by atoms with van der Waals surface area (Å²) in [5, 5.41) is 8.11. The Morgan fingerprint density at radius 1 is 1.23 bits per heavy atom. The third-order valence-electron chi connectivity index (χ3n) is 4.72. The van der Waals surface area contributed by atoms with Crippen molar-refractivity contribution in [1.82, 2.24) is 15.6 Å². The van der Waals surface area contributed by atoms with Crippen molar-refractivity contribution in [3.63, 3.8) is 0 Å².